The molecule has 1 heteroatoms. The predicted octanol–water partition coefficient (Wildman–Crippen LogP) is 3.84. The van der Waals surface area contributed by atoms with Crippen molar-refractivity contribution < 1.29 is 0 Å². The van der Waals surface area contributed by atoms with Crippen LogP contribution in [-0.2, 0) is 0 Å². The van der Waals surface area contributed by atoms with Gasteiger partial charge in [-0.3, -0.25) is 0 Å². The molecule has 0 aromatic heterocycles. The van der Waals surface area contributed by atoms with Crippen molar-refractivity contribution in [3.8, 4) is 0 Å². The average Bonchev–Trinajstić information content (AvgIpc) is 2.23. The van der Waals surface area contributed by atoms with Gasteiger partial charge in [-0.15, -0.1) is 0 Å². The van der Waals surface area contributed by atoms with Crippen LogP contribution in [0, 0.1) is 16.7 Å². The molecule has 0 aromatic carbocycles. The third-order valence-corrected chi connectivity index (χ3v) is 4.51. The van der Waals surface area contributed by atoms with Crippen molar-refractivity contribution in [3.05, 3.63) is 0 Å². The summed E-state index contributed by atoms with van der Waals surface area (Å²) in [6.07, 6.45) is 2.72. The quantitative estimate of drug-likeness (QED) is 0.632. The van der Waals surface area contributed by atoms with Crippen LogP contribution in [0.15, 0.2) is 0 Å². The Balaban J connectivity index is 2.41. The molecule has 0 nitrogen and oxygen atoms in total. The van der Waals surface area contributed by atoms with Crippen LogP contribution < -0.4 is 0 Å². The number of hydrogen-bond donors (Lipinski definition) is 0. The van der Waals surface area contributed by atoms with Gasteiger partial charge < -0.3 is 0 Å². The summed E-state index contributed by atoms with van der Waals surface area (Å²) in [5.74, 6) is 0.951. The topological polar surface area (TPSA) is 0 Å². The monoisotopic (exact) mass is 218 g/mol. The summed E-state index contributed by atoms with van der Waals surface area (Å²) >= 11 is 3.48. The summed E-state index contributed by atoms with van der Waals surface area (Å²) in [6, 6.07) is 0. The molecule has 1 fully saturated rings. The van der Waals surface area contributed by atoms with E-state index in [4.69, 9.17) is 0 Å². The molecule has 66 valence electrons. The molecule has 0 N–H and O–H groups in total. The summed E-state index contributed by atoms with van der Waals surface area (Å²) in [4.78, 5) is 0. The SMILES string of the molecule is CC1(C)C(CCCBr)C1(C)C. The second kappa shape index (κ2) is 2.76. The number of rotatable bonds is 3. The lowest BCUT2D eigenvalue weighted by Gasteiger charge is -2.04. The maximum atomic E-state index is 3.48. The summed E-state index contributed by atoms with van der Waals surface area (Å²) in [5, 5.41) is 1.16. The van der Waals surface area contributed by atoms with Crippen LogP contribution in [0.3, 0.4) is 0 Å². The maximum Gasteiger partial charge on any atom is 0.00314 e. The minimum absolute atomic E-state index is 0.592. The molecule has 0 heterocycles. The normalized spacial score (nSPS) is 27.0. The fraction of sp³-hybridized carbons (Fsp3) is 1.00. The molecular weight excluding hydrogens is 200 g/mol. The molecule has 0 atom stereocenters. The molecule has 1 saturated carbocycles. The highest BCUT2D eigenvalue weighted by molar-refractivity contribution is 9.09. The van der Waals surface area contributed by atoms with E-state index in [0.29, 0.717) is 10.8 Å². The average molecular weight is 219 g/mol. The zero-order valence-corrected chi connectivity index (χ0v) is 9.66. The Hall–Kier alpha value is 0.480. The van der Waals surface area contributed by atoms with Crippen molar-refractivity contribution in [1.29, 1.82) is 0 Å². The molecule has 0 aromatic rings. The highest BCUT2D eigenvalue weighted by Crippen LogP contribution is 2.69. The van der Waals surface area contributed by atoms with E-state index in [1.807, 2.05) is 0 Å². The van der Waals surface area contributed by atoms with Crippen LogP contribution in [-0.4, -0.2) is 5.33 Å². The van der Waals surface area contributed by atoms with Gasteiger partial charge in [0.25, 0.3) is 0 Å². The smallest absolute Gasteiger partial charge is 0.00314 e. The van der Waals surface area contributed by atoms with Crippen molar-refractivity contribution in [2.24, 2.45) is 16.7 Å². The Morgan fingerprint density at radius 2 is 1.55 bits per heavy atom. The summed E-state index contributed by atoms with van der Waals surface area (Å²) in [7, 11) is 0. The summed E-state index contributed by atoms with van der Waals surface area (Å²) in [6.45, 7) is 9.58. The van der Waals surface area contributed by atoms with E-state index in [9.17, 15) is 0 Å². The van der Waals surface area contributed by atoms with Crippen molar-refractivity contribution in [1.82, 2.24) is 0 Å². The zero-order valence-electron chi connectivity index (χ0n) is 8.08. The van der Waals surface area contributed by atoms with E-state index >= 15 is 0 Å². The zero-order chi connectivity index (χ0) is 8.70. The lowest BCUT2D eigenvalue weighted by atomic mass is 10.0. The highest BCUT2D eigenvalue weighted by atomic mass is 79.9. The van der Waals surface area contributed by atoms with Gasteiger partial charge in [-0.2, -0.15) is 0 Å². The molecule has 1 aliphatic rings. The van der Waals surface area contributed by atoms with E-state index in [1.165, 1.54) is 12.8 Å². The van der Waals surface area contributed by atoms with Gasteiger partial charge in [-0.05, 0) is 29.6 Å². The largest absolute Gasteiger partial charge is 0.0928 e. The van der Waals surface area contributed by atoms with Gasteiger partial charge in [0.2, 0.25) is 0 Å². The molecule has 0 aliphatic heterocycles. The van der Waals surface area contributed by atoms with Crippen molar-refractivity contribution in [2.75, 3.05) is 5.33 Å². The minimum Gasteiger partial charge on any atom is -0.0928 e. The first kappa shape index (κ1) is 9.57. The van der Waals surface area contributed by atoms with Gasteiger partial charge in [0.15, 0.2) is 0 Å². The van der Waals surface area contributed by atoms with Gasteiger partial charge in [0.05, 0.1) is 0 Å². The van der Waals surface area contributed by atoms with Gasteiger partial charge in [0, 0.05) is 5.33 Å². The van der Waals surface area contributed by atoms with Gasteiger partial charge in [-0.25, -0.2) is 0 Å². The molecule has 1 rings (SSSR count). The molecular formula is C10H19Br. The molecule has 0 spiro atoms. The lowest BCUT2D eigenvalue weighted by molar-refractivity contribution is 0.457. The third-order valence-electron chi connectivity index (χ3n) is 3.95. The van der Waals surface area contributed by atoms with Crippen LogP contribution in [0.5, 0.6) is 0 Å². The Kier molecular flexibility index (Phi) is 2.40. The van der Waals surface area contributed by atoms with Crippen molar-refractivity contribution in [3.63, 3.8) is 0 Å². The van der Waals surface area contributed by atoms with Crippen LogP contribution in [0.1, 0.15) is 40.5 Å². The number of hydrogen-bond acceptors (Lipinski definition) is 0. The molecule has 0 radical (unpaired) electrons. The number of alkyl halides is 1. The molecule has 0 amide bonds. The van der Waals surface area contributed by atoms with E-state index in [2.05, 4.69) is 43.6 Å². The van der Waals surface area contributed by atoms with E-state index in [0.717, 1.165) is 11.2 Å². The first-order valence-electron chi connectivity index (χ1n) is 4.50. The van der Waals surface area contributed by atoms with Crippen molar-refractivity contribution >= 4 is 15.9 Å². The molecule has 0 bridgehead atoms. The Labute approximate surface area is 78.9 Å². The summed E-state index contributed by atoms with van der Waals surface area (Å²) < 4.78 is 0. The first-order valence-corrected chi connectivity index (χ1v) is 5.62. The minimum atomic E-state index is 0.592. The predicted molar refractivity (Wildman–Crippen MR) is 54.1 cm³/mol. The second-order valence-electron chi connectivity index (χ2n) is 4.83. The first-order chi connectivity index (χ1) is 4.94. The van der Waals surface area contributed by atoms with Gasteiger partial charge in [-0.1, -0.05) is 43.6 Å². The van der Waals surface area contributed by atoms with E-state index in [1.54, 1.807) is 0 Å². The molecule has 0 unspecified atom stereocenters. The fourth-order valence-electron chi connectivity index (χ4n) is 2.34. The Morgan fingerprint density at radius 3 is 1.82 bits per heavy atom. The standard InChI is InChI=1S/C10H19Br/c1-9(2)8(6-5-7-11)10(9,3)4/h8H,5-7H2,1-4H3. The summed E-state index contributed by atoms with van der Waals surface area (Å²) in [5.41, 5.74) is 1.18. The molecule has 0 saturated heterocycles. The lowest BCUT2D eigenvalue weighted by Crippen LogP contribution is -1.95. The molecule has 1 aliphatic carbocycles. The van der Waals surface area contributed by atoms with Gasteiger partial charge >= 0.3 is 0 Å². The van der Waals surface area contributed by atoms with Gasteiger partial charge in [0.1, 0.15) is 0 Å². The second-order valence-corrected chi connectivity index (χ2v) is 5.62. The molecule has 11 heavy (non-hydrogen) atoms. The maximum absolute atomic E-state index is 3.48. The highest BCUT2D eigenvalue weighted by Gasteiger charge is 2.63. The van der Waals surface area contributed by atoms with Crippen LogP contribution in [0.25, 0.3) is 0 Å². The van der Waals surface area contributed by atoms with E-state index < -0.39 is 0 Å². The van der Waals surface area contributed by atoms with Crippen molar-refractivity contribution in [2.45, 2.75) is 40.5 Å². The van der Waals surface area contributed by atoms with E-state index in [-0.39, 0.29) is 0 Å². The Bertz CT molecular complexity index is 133. The van der Waals surface area contributed by atoms with Crippen LogP contribution in [0.2, 0.25) is 0 Å². The number of halogens is 1. The third kappa shape index (κ3) is 1.37. The Morgan fingerprint density at radius 1 is 1.09 bits per heavy atom. The fourth-order valence-corrected chi connectivity index (χ4v) is 2.66. The van der Waals surface area contributed by atoms with Crippen LogP contribution >= 0.6 is 15.9 Å². The van der Waals surface area contributed by atoms with Crippen LogP contribution in [0.4, 0.5) is 0 Å².